The number of carbonyl (C=O) groups excluding carboxylic acids is 2. The number of methoxy groups -OCH3 is 2. The van der Waals surface area contributed by atoms with Crippen molar-refractivity contribution < 1.29 is 19.1 Å². The van der Waals surface area contributed by atoms with Crippen molar-refractivity contribution in [3.63, 3.8) is 0 Å². The average molecular weight is 507 g/mol. The molecule has 2 amide bonds. The standard InChI is InChI=1S/C29H34N2O4S/c1-19-7-9-20(10-8-19)27-23-14-16-36-25(23)13-15-30(27)26(32)18-31(29(2,3)4)28(33)22-12-11-21(34-5)17-24(22)35-6/h7-12,14,16-17,27H,13,15,18H2,1-6H3. The molecule has 7 heteroatoms. The molecule has 6 nitrogen and oxygen atoms in total. The van der Waals surface area contributed by atoms with Gasteiger partial charge in [-0.25, -0.2) is 0 Å². The topological polar surface area (TPSA) is 59.1 Å². The SMILES string of the molecule is COc1ccc(C(=O)N(CC(=O)N2CCc3sccc3C2c2ccc(C)cc2)C(C)(C)C)c(OC)c1. The summed E-state index contributed by atoms with van der Waals surface area (Å²) < 4.78 is 10.8. The van der Waals surface area contributed by atoms with Gasteiger partial charge in [0.2, 0.25) is 5.91 Å². The molecule has 0 saturated carbocycles. The van der Waals surface area contributed by atoms with E-state index < -0.39 is 5.54 Å². The molecular weight excluding hydrogens is 472 g/mol. The maximum atomic E-state index is 13.9. The number of aryl methyl sites for hydroxylation is 1. The number of rotatable bonds is 6. The van der Waals surface area contributed by atoms with Gasteiger partial charge < -0.3 is 19.3 Å². The van der Waals surface area contributed by atoms with E-state index in [4.69, 9.17) is 9.47 Å². The summed E-state index contributed by atoms with van der Waals surface area (Å²) in [4.78, 5) is 32.6. The number of fused-ring (bicyclic) bond motifs is 1. The molecule has 36 heavy (non-hydrogen) atoms. The predicted molar refractivity (Wildman–Crippen MR) is 143 cm³/mol. The van der Waals surface area contributed by atoms with E-state index in [1.54, 1.807) is 41.5 Å². The first-order valence-corrected chi connectivity index (χ1v) is 13.0. The van der Waals surface area contributed by atoms with Crippen LogP contribution in [0.4, 0.5) is 0 Å². The van der Waals surface area contributed by atoms with Gasteiger partial charge in [-0.3, -0.25) is 9.59 Å². The van der Waals surface area contributed by atoms with Gasteiger partial charge in [0, 0.05) is 23.0 Å². The summed E-state index contributed by atoms with van der Waals surface area (Å²) in [6, 6.07) is 15.4. The number of carbonyl (C=O) groups is 2. The van der Waals surface area contributed by atoms with Crippen LogP contribution in [0.25, 0.3) is 0 Å². The second kappa shape index (κ2) is 10.3. The second-order valence-electron chi connectivity index (χ2n) is 10.1. The van der Waals surface area contributed by atoms with E-state index in [2.05, 4.69) is 42.6 Å². The number of thiophene rings is 1. The van der Waals surface area contributed by atoms with E-state index in [0.29, 0.717) is 23.6 Å². The Hall–Kier alpha value is -3.32. The van der Waals surface area contributed by atoms with Crippen molar-refractivity contribution in [3.05, 3.63) is 81.0 Å². The molecule has 1 aromatic heterocycles. The van der Waals surface area contributed by atoms with Crippen LogP contribution in [0.2, 0.25) is 0 Å². The molecule has 1 unspecified atom stereocenters. The highest BCUT2D eigenvalue weighted by molar-refractivity contribution is 7.10. The zero-order chi connectivity index (χ0) is 26.0. The average Bonchev–Trinajstić information content (AvgIpc) is 3.34. The van der Waals surface area contributed by atoms with Crippen molar-refractivity contribution in [1.29, 1.82) is 0 Å². The molecule has 1 atom stereocenters. The minimum atomic E-state index is -0.583. The van der Waals surface area contributed by atoms with Gasteiger partial charge in [0.25, 0.3) is 5.91 Å². The molecule has 3 aromatic rings. The molecule has 1 aliphatic rings. The maximum absolute atomic E-state index is 13.9. The van der Waals surface area contributed by atoms with Gasteiger partial charge >= 0.3 is 0 Å². The summed E-state index contributed by atoms with van der Waals surface area (Å²) >= 11 is 1.74. The van der Waals surface area contributed by atoms with E-state index in [1.807, 2.05) is 25.7 Å². The van der Waals surface area contributed by atoms with Crippen LogP contribution in [-0.2, 0) is 11.2 Å². The second-order valence-corrected chi connectivity index (χ2v) is 11.1. The molecule has 2 heterocycles. The Kier molecular flexibility index (Phi) is 7.41. The zero-order valence-corrected chi connectivity index (χ0v) is 22.6. The van der Waals surface area contributed by atoms with E-state index in [9.17, 15) is 9.59 Å². The summed E-state index contributed by atoms with van der Waals surface area (Å²) in [5.41, 5.74) is 3.25. The lowest BCUT2D eigenvalue weighted by Crippen LogP contribution is -2.52. The maximum Gasteiger partial charge on any atom is 0.258 e. The molecule has 2 aromatic carbocycles. The summed E-state index contributed by atoms with van der Waals surface area (Å²) in [5, 5.41) is 2.10. The zero-order valence-electron chi connectivity index (χ0n) is 21.8. The Balaban J connectivity index is 1.66. The Morgan fingerprint density at radius 1 is 1.06 bits per heavy atom. The Morgan fingerprint density at radius 3 is 2.42 bits per heavy atom. The number of hydrogen-bond acceptors (Lipinski definition) is 5. The minimum Gasteiger partial charge on any atom is -0.497 e. The van der Waals surface area contributed by atoms with Gasteiger partial charge in [-0.05, 0) is 68.8 Å². The first-order chi connectivity index (χ1) is 17.1. The molecule has 0 radical (unpaired) electrons. The number of benzene rings is 2. The lowest BCUT2D eigenvalue weighted by atomic mass is 9.92. The van der Waals surface area contributed by atoms with Crippen molar-refractivity contribution in [2.45, 2.75) is 45.7 Å². The third-order valence-corrected chi connectivity index (χ3v) is 7.66. The van der Waals surface area contributed by atoms with Gasteiger partial charge in [0.05, 0.1) is 25.8 Å². The molecule has 0 bridgehead atoms. The van der Waals surface area contributed by atoms with Crippen molar-refractivity contribution >= 4 is 23.2 Å². The quantitative estimate of drug-likeness (QED) is 0.444. The fourth-order valence-corrected chi connectivity index (χ4v) is 5.56. The molecule has 0 saturated heterocycles. The van der Waals surface area contributed by atoms with Gasteiger partial charge in [-0.1, -0.05) is 29.8 Å². The van der Waals surface area contributed by atoms with Crippen LogP contribution in [-0.4, -0.2) is 54.5 Å². The van der Waals surface area contributed by atoms with Crippen molar-refractivity contribution in [1.82, 2.24) is 9.80 Å². The fourth-order valence-electron chi connectivity index (χ4n) is 4.65. The highest BCUT2D eigenvalue weighted by Crippen LogP contribution is 2.38. The Bertz CT molecular complexity index is 1240. The van der Waals surface area contributed by atoms with Crippen LogP contribution in [0.1, 0.15) is 58.7 Å². The summed E-state index contributed by atoms with van der Waals surface area (Å²) in [7, 11) is 3.09. The van der Waals surface area contributed by atoms with Crippen LogP contribution in [0.5, 0.6) is 11.5 Å². The predicted octanol–water partition coefficient (Wildman–Crippen LogP) is 5.49. The third-order valence-electron chi connectivity index (χ3n) is 6.67. The number of nitrogens with zero attached hydrogens (tertiary/aromatic N) is 2. The third kappa shape index (κ3) is 5.12. The molecule has 0 N–H and O–H groups in total. The number of amides is 2. The van der Waals surface area contributed by atoms with Crippen molar-refractivity contribution in [2.24, 2.45) is 0 Å². The number of ether oxygens (including phenoxy) is 2. The molecule has 1 aliphatic heterocycles. The molecular formula is C29H34N2O4S. The Morgan fingerprint density at radius 2 is 1.78 bits per heavy atom. The highest BCUT2D eigenvalue weighted by atomic mass is 32.1. The minimum absolute atomic E-state index is 0.0284. The monoisotopic (exact) mass is 506 g/mol. The van der Waals surface area contributed by atoms with Crippen LogP contribution >= 0.6 is 11.3 Å². The van der Waals surface area contributed by atoms with Gasteiger partial charge in [0.1, 0.15) is 18.0 Å². The largest absolute Gasteiger partial charge is 0.497 e. The summed E-state index contributed by atoms with van der Waals surface area (Å²) in [6.07, 6.45) is 0.816. The normalized spacial score (nSPS) is 15.3. The van der Waals surface area contributed by atoms with Crippen LogP contribution in [0.3, 0.4) is 0 Å². The summed E-state index contributed by atoms with van der Waals surface area (Å²) in [5.74, 6) is 0.686. The molecule has 0 spiro atoms. The van der Waals surface area contributed by atoms with Gasteiger partial charge in [-0.2, -0.15) is 0 Å². The van der Waals surface area contributed by atoms with Gasteiger partial charge in [-0.15, -0.1) is 11.3 Å². The lowest BCUT2D eigenvalue weighted by Gasteiger charge is -2.40. The van der Waals surface area contributed by atoms with E-state index in [0.717, 1.165) is 12.0 Å². The highest BCUT2D eigenvalue weighted by Gasteiger charge is 2.37. The first kappa shape index (κ1) is 25.8. The van der Waals surface area contributed by atoms with Crippen molar-refractivity contribution in [2.75, 3.05) is 27.3 Å². The molecule has 4 rings (SSSR count). The summed E-state index contributed by atoms with van der Waals surface area (Å²) in [6.45, 7) is 8.47. The first-order valence-electron chi connectivity index (χ1n) is 12.1. The lowest BCUT2D eigenvalue weighted by molar-refractivity contribution is -0.135. The fraction of sp³-hybridized carbons (Fsp3) is 0.379. The molecule has 190 valence electrons. The smallest absolute Gasteiger partial charge is 0.258 e. The van der Waals surface area contributed by atoms with Gasteiger partial charge in [0.15, 0.2) is 0 Å². The van der Waals surface area contributed by atoms with E-state index in [-0.39, 0.29) is 24.4 Å². The van der Waals surface area contributed by atoms with Crippen molar-refractivity contribution in [3.8, 4) is 11.5 Å². The molecule has 0 aliphatic carbocycles. The van der Waals surface area contributed by atoms with Crippen LogP contribution < -0.4 is 9.47 Å². The Labute approximate surface area is 217 Å². The number of hydrogen-bond donors (Lipinski definition) is 0. The van der Waals surface area contributed by atoms with E-state index in [1.165, 1.54) is 23.1 Å². The van der Waals surface area contributed by atoms with Crippen LogP contribution in [0.15, 0.2) is 53.9 Å². The van der Waals surface area contributed by atoms with E-state index >= 15 is 0 Å². The van der Waals surface area contributed by atoms with Crippen LogP contribution in [0, 0.1) is 6.92 Å². The molecule has 0 fully saturated rings.